The molecule has 1 aromatic rings. The minimum absolute atomic E-state index is 0.185. The molecule has 1 fully saturated rings. The van der Waals surface area contributed by atoms with E-state index in [4.69, 9.17) is 4.42 Å². The third-order valence-electron chi connectivity index (χ3n) is 3.67. The number of carbonyl (C=O) groups is 2. The lowest BCUT2D eigenvalue weighted by Gasteiger charge is -2.31. The van der Waals surface area contributed by atoms with Gasteiger partial charge >= 0.3 is 11.8 Å². The molecule has 104 valence electrons. The first kappa shape index (κ1) is 12.7. The van der Waals surface area contributed by atoms with Crippen LogP contribution in [0.25, 0.3) is 0 Å². The van der Waals surface area contributed by atoms with E-state index in [9.17, 15) is 9.59 Å². The molecule has 2 amide bonds. The van der Waals surface area contributed by atoms with Crippen molar-refractivity contribution in [2.75, 3.05) is 0 Å². The SMILES string of the molecule is O=C(NCc1ccco1)C(=O)N/N=C1/CC2C=CCC12. The zero-order chi connectivity index (χ0) is 13.9. The van der Waals surface area contributed by atoms with Gasteiger partial charge < -0.3 is 9.73 Å². The number of nitrogens with one attached hydrogen (secondary N) is 2. The van der Waals surface area contributed by atoms with E-state index >= 15 is 0 Å². The maximum absolute atomic E-state index is 11.6. The highest BCUT2D eigenvalue weighted by Gasteiger charge is 2.38. The van der Waals surface area contributed by atoms with E-state index in [-0.39, 0.29) is 6.54 Å². The molecule has 20 heavy (non-hydrogen) atoms. The van der Waals surface area contributed by atoms with Crippen LogP contribution in [-0.2, 0) is 16.1 Å². The lowest BCUT2D eigenvalue weighted by Crippen LogP contribution is -2.40. The van der Waals surface area contributed by atoms with Crippen LogP contribution in [0.4, 0.5) is 0 Å². The summed E-state index contributed by atoms with van der Waals surface area (Å²) in [7, 11) is 0. The number of hydrogen-bond acceptors (Lipinski definition) is 4. The molecule has 0 aliphatic heterocycles. The summed E-state index contributed by atoms with van der Waals surface area (Å²) in [5.41, 5.74) is 3.27. The van der Waals surface area contributed by atoms with Gasteiger partial charge in [-0.05, 0) is 30.9 Å². The molecule has 1 heterocycles. The summed E-state index contributed by atoms with van der Waals surface area (Å²) in [4.78, 5) is 23.1. The highest BCUT2D eigenvalue weighted by molar-refractivity contribution is 6.35. The van der Waals surface area contributed by atoms with Gasteiger partial charge in [0, 0.05) is 11.6 Å². The molecule has 2 N–H and O–H groups in total. The van der Waals surface area contributed by atoms with Crippen molar-refractivity contribution in [2.24, 2.45) is 16.9 Å². The number of furan rings is 1. The van der Waals surface area contributed by atoms with Crippen molar-refractivity contribution in [3.8, 4) is 0 Å². The fraction of sp³-hybridized carbons (Fsp3) is 0.357. The number of allylic oxidation sites excluding steroid dienone is 2. The van der Waals surface area contributed by atoms with Crippen molar-refractivity contribution in [1.29, 1.82) is 0 Å². The fourth-order valence-electron chi connectivity index (χ4n) is 2.50. The van der Waals surface area contributed by atoms with Crippen molar-refractivity contribution in [3.05, 3.63) is 36.3 Å². The maximum Gasteiger partial charge on any atom is 0.329 e. The molecule has 3 rings (SSSR count). The van der Waals surface area contributed by atoms with Crippen LogP contribution in [-0.4, -0.2) is 17.5 Å². The van der Waals surface area contributed by atoms with Crippen LogP contribution in [0, 0.1) is 11.8 Å². The molecule has 1 saturated carbocycles. The quantitative estimate of drug-likeness (QED) is 0.489. The van der Waals surface area contributed by atoms with E-state index in [0.29, 0.717) is 17.6 Å². The van der Waals surface area contributed by atoms with Crippen LogP contribution in [0.2, 0.25) is 0 Å². The predicted molar refractivity (Wildman–Crippen MR) is 71.5 cm³/mol. The predicted octanol–water partition coefficient (Wildman–Crippen LogP) is 0.964. The summed E-state index contributed by atoms with van der Waals surface area (Å²) in [6.07, 6.45) is 7.67. The number of fused-ring (bicyclic) bond motifs is 1. The Morgan fingerprint density at radius 1 is 1.40 bits per heavy atom. The Morgan fingerprint density at radius 2 is 2.30 bits per heavy atom. The molecule has 0 spiro atoms. The van der Waals surface area contributed by atoms with Gasteiger partial charge in [0.25, 0.3) is 0 Å². The van der Waals surface area contributed by atoms with Crippen LogP contribution in [0.5, 0.6) is 0 Å². The molecule has 1 aromatic heterocycles. The molecule has 0 saturated heterocycles. The van der Waals surface area contributed by atoms with E-state index in [2.05, 4.69) is 28.0 Å². The van der Waals surface area contributed by atoms with E-state index in [1.165, 1.54) is 6.26 Å². The van der Waals surface area contributed by atoms with Crippen molar-refractivity contribution in [3.63, 3.8) is 0 Å². The van der Waals surface area contributed by atoms with Crippen LogP contribution < -0.4 is 10.7 Å². The Hall–Kier alpha value is -2.37. The maximum atomic E-state index is 11.6. The second kappa shape index (κ2) is 5.32. The van der Waals surface area contributed by atoms with Gasteiger partial charge in [-0.1, -0.05) is 12.2 Å². The molecule has 2 atom stereocenters. The summed E-state index contributed by atoms with van der Waals surface area (Å²) < 4.78 is 5.05. The molecular weight excluding hydrogens is 258 g/mol. The molecule has 0 radical (unpaired) electrons. The Balaban J connectivity index is 1.45. The summed E-state index contributed by atoms with van der Waals surface area (Å²) in [5, 5.41) is 6.50. The van der Waals surface area contributed by atoms with Gasteiger partial charge in [-0.25, -0.2) is 5.43 Å². The van der Waals surface area contributed by atoms with Gasteiger partial charge in [-0.15, -0.1) is 0 Å². The van der Waals surface area contributed by atoms with Gasteiger partial charge in [0.15, 0.2) is 0 Å². The van der Waals surface area contributed by atoms with Gasteiger partial charge in [0.05, 0.1) is 12.8 Å². The van der Waals surface area contributed by atoms with Crippen LogP contribution in [0.15, 0.2) is 40.1 Å². The molecule has 6 heteroatoms. The molecule has 6 nitrogen and oxygen atoms in total. The standard InChI is InChI=1S/C14H15N3O3/c18-13(15-8-10-4-2-6-20-10)14(19)17-16-12-7-9-3-1-5-11(9)12/h1-4,6,9,11H,5,7-8H2,(H,15,18)(H,17,19)/b16-12-. The zero-order valence-corrected chi connectivity index (χ0v) is 10.8. The van der Waals surface area contributed by atoms with Gasteiger partial charge in [0.2, 0.25) is 0 Å². The molecule has 2 aliphatic carbocycles. The van der Waals surface area contributed by atoms with Gasteiger partial charge in [-0.3, -0.25) is 9.59 Å². The largest absolute Gasteiger partial charge is 0.467 e. The number of nitrogens with zero attached hydrogens (tertiary/aromatic N) is 1. The first-order valence-corrected chi connectivity index (χ1v) is 6.57. The second-order valence-electron chi connectivity index (χ2n) is 4.94. The van der Waals surface area contributed by atoms with Crippen molar-refractivity contribution in [1.82, 2.24) is 10.7 Å². The van der Waals surface area contributed by atoms with E-state index in [0.717, 1.165) is 18.6 Å². The zero-order valence-electron chi connectivity index (χ0n) is 10.8. The van der Waals surface area contributed by atoms with E-state index in [1.54, 1.807) is 12.1 Å². The lowest BCUT2D eigenvalue weighted by atomic mass is 9.74. The molecular formula is C14H15N3O3. The van der Waals surface area contributed by atoms with E-state index in [1.807, 2.05) is 0 Å². The van der Waals surface area contributed by atoms with Crippen LogP contribution >= 0.6 is 0 Å². The number of carbonyl (C=O) groups excluding carboxylic acids is 2. The lowest BCUT2D eigenvalue weighted by molar-refractivity contribution is -0.139. The summed E-state index contributed by atoms with van der Waals surface area (Å²) >= 11 is 0. The van der Waals surface area contributed by atoms with E-state index < -0.39 is 11.8 Å². The van der Waals surface area contributed by atoms with Crippen molar-refractivity contribution >= 4 is 17.5 Å². The number of rotatable bonds is 3. The Kier molecular flexibility index (Phi) is 3.37. The average molecular weight is 273 g/mol. The minimum Gasteiger partial charge on any atom is -0.467 e. The van der Waals surface area contributed by atoms with Gasteiger partial charge in [-0.2, -0.15) is 5.10 Å². The number of hydrogen-bond donors (Lipinski definition) is 2. The van der Waals surface area contributed by atoms with Crippen molar-refractivity contribution < 1.29 is 14.0 Å². The average Bonchev–Trinajstić information content (AvgIpc) is 3.06. The van der Waals surface area contributed by atoms with Crippen LogP contribution in [0.3, 0.4) is 0 Å². The summed E-state index contributed by atoms with van der Waals surface area (Å²) in [6, 6.07) is 3.44. The van der Waals surface area contributed by atoms with Crippen LogP contribution in [0.1, 0.15) is 18.6 Å². The summed E-state index contributed by atoms with van der Waals surface area (Å²) in [5.74, 6) is 0.112. The highest BCUT2D eigenvalue weighted by atomic mass is 16.3. The Bertz CT molecular complexity index is 574. The van der Waals surface area contributed by atoms with Gasteiger partial charge in [0.1, 0.15) is 5.76 Å². The number of amides is 2. The Labute approximate surface area is 115 Å². The smallest absolute Gasteiger partial charge is 0.329 e. The highest BCUT2D eigenvalue weighted by Crippen LogP contribution is 2.39. The molecule has 2 unspecified atom stereocenters. The van der Waals surface area contributed by atoms with Crippen molar-refractivity contribution in [2.45, 2.75) is 19.4 Å². The normalized spacial score (nSPS) is 25.1. The fourth-order valence-corrected chi connectivity index (χ4v) is 2.50. The molecule has 0 bridgehead atoms. The number of hydrazone groups is 1. The topological polar surface area (TPSA) is 83.7 Å². The first-order valence-electron chi connectivity index (χ1n) is 6.57. The third kappa shape index (κ3) is 2.49. The molecule has 0 aromatic carbocycles. The third-order valence-corrected chi connectivity index (χ3v) is 3.67. The molecule has 2 aliphatic rings. The minimum atomic E-state index is -0.751. The summed E-state index contributed by atoms with van der Waals surface area (Å²) in [6.45, 7) is 0.185. The second-order valence-corrected chi connectivity index (χ2v) is 4.94. The monoisotopic (exact) mass is 273 g/mol. The Morgan fingerprint density at radius 3 is 3.05 bits per heavy atom. The first-order chi connectivity index (χ1) is 9.74.